The van der Waals surface area contributed by atoms with Gasteiger partial charge in [0.2, 0.25) is 0 Å². The van der Waals surface area contributed by atoms with E-state index in [9.17, 15) is 0 Å². The molecule has 0 bridgehead atoms. The average Bonchev–Trinajstić information content (AvgIpc) is 2.75. The van der Waals surface area contributed by atoms with Gasteiger partial charge in [-0.05, 0) is 49.4 Å². The van der Waals surface area contributed by atoms with E-state index in [1.54, 1.807) is 7.11 Å². The van der Waals surface area contributed by atoms with Crippen molar-refractivity contribution in [3.05, 3.63) is 28.2 Å². The van der Waals surface area contributed by atoms with E-state index in [2.05, 4.69) is 40.3 Å². The highest BCUT2D eigenvalue weighted by atomic mass is 79.9. The summed E-state index contributed by atoms with van der Waals surface area (Å²) >= 11 is 3.62. The molecule has 2 nitrogen and oxygen atoms in total. The molecular formula is C17H26BrNO. The Balaban J connectivity index is 1.90. The van der Waals surface area contributed by atoms with Crippen LogP contribution in [0, 0.1) is 5.92 Å². The van der Waals surface area contributed by atoms with Gasteiger partial charge in [-0.2, -0.15) is 0 Å². The molecule has 20 heavy (non-hydrogen) atoms. The van der Waals surface area contributed by atoms with Crippen molar-refractivity contribution >= 4 is 15.9 Å². The molecule has 1 aliphatic carbocycles. The van der Waals surface area contributed by atoms with Crippen molar-refractivity contribution in [2.45, 2.75) is 58.0 Å². The third kappa shape index (κ3) is 4.49. The summed E-state index contributed by atoms with van der Waals surface area (Å²) < 4.78 is 6.45. The van der Waals surface area contributed by atoms with E-state index < -0.39 is 0 Å². The Morgan fingerprint density at radius 2 is 1.95 bits per heavy atom. The van der Waals surface area contributed by atoms with E-state index in [1.165, 1.54) is 44.1 Å². The lowest BCUT2D eigenvalue weighted by Gasteiger charge is -2.24. The summed E-state index contributed by atoms with van der Waals surface area (Å²) in [5.41, 5.74) is 1.27. The Morgan fingerprint density at radius 3 is 2.60 bits per heavy atom. The van der Waals surface area contributed by atoms with Crippen LogP contribution in [0.15, 0.2) is 22.7 Å². The fourth-order valence-corrected chi connectivity index (χ4v) is 3.45. The van der Waals surface area contributed by atoms with Crippen molar-refractivity contribution in [3.63, 3.8) is 0 Å². The van der Waals surface area contributed by atoms with E-state index in [0.717, 1.165) is 22.7 Å². The Labute approximate surface area is 131 Å². The van der Waals surface area contributed by atoms with Gasteiger partial charge in [0.25, 0.3) is 0 Å². The summed E-state index contributed by atoms with van der Waals surface area (Å²) in [7, 11) is 1.72. The summed E-state index contributed by atoms with van der Waals surface area (Å²) in [5, 5.41) is 3.70. The summed E-state index contributed by atoms with van der Waals surface area (Å²) in [6.07, 6.45) is 8.41. The van der Waals surface area contributed by atoms with Gasteiger partial charge in [-0.15, -0.1) is 0 Å². The SMILES string of the molecule is COc1ccc(Br)c(CN[C@H](C)C2CCCCCC2)c1. The second-order valence-electron chi connectivity index (χ2n) is 5.88. The smallest absolute Gasteiger partial charge is 0.119 e. The number of ether oxygens (including phenoxy) is 1. The number of nitrogens with one attached hydrogen (secondary N) is 1. The van der Waals surface area contributed by atoms with Crippen LogP contribution in [0.1, 0.15) is 51.0 Å². The molecule has 0 spiro atoms. The van der Waals surface area contributed by atoms with Crippen molar-refractivity contribution in [1.82, 2.24) is 5.32 Å². The molecule has 3 heteroatoms. The van der Waals surface area contributed by atoms with E-state index in [1.807, 2.05) is 6.07 Å². The second kappa shape index (κ2) is 8.04. The molecule has 0 radical (unpaired) electrons. The fraction of sp³-hybridized carbons (Fsp3) is 0.647. The van der Waals surface area contributed by atoms with Crippen molar-refractivity contribution in [2.75, 3.05) is 7.11 Å². The molecule has 1 aromatic rings. The average molecular weight is 340 g/mol. The predicted molar refractivity (Wildman–Crippen MR) is 88.2 cm³/mol. The molecule has 1 atom stereocenters. The Bertz CT molecular complexity index is 413. The number of hydrogen-bond acceptors (Lipinski definition) is 2. The van der Waals surface area contributed by atoms with Crippen LogP contribution in [-0.4, -0.2) is 13.2 Å². The topological polar surface area (TPSA) is 21.3 Å². The molecule has 2 rings (SSSR count). The Hall–Kier alpha value is -0.540. The normalized spacial score (nSPS) is 18.6. The molecule has 1 saturated carbocycles. The molecule has 1 aliphatic rings. The minimum atomic E-state index is 0.589. The molecule has 0 saturated heterocycles. The van der Waals surface area contributed by atoms with Gasteiger partial charge in [-0.1, -0.05) is 41.6 Å². The van der Waals surface area contributed by atoms with Gasteiger partial charge < -0.3 is 10.1 Å². The first-order valence-electron chi connectivity index (χ1n) is 7.76. The van der Waals surface area contributed by atoms with E-state index in [-0.39, 0.29) is 0 Å². The number of methoxy groups -OCH3 is 1. The Kier molecular flexibility index (Phi) is 6.37. The molecule has 0 aromatic heterocycles. The van der Waals surface area contributed by atoms with Crippen LogP contribution in [-0.2, 0) is 6.54 Å². The number of benzene rings is 1. The monoisotopic (exact) mass is 339 g/mol. The van der Waals surface area contributed by atoms with E-state index in [4.69, 9.17) is 4.74 Å². The zero-order valence-electron chi connectivity index (χ0n) is 12.6. The van der Waals surface area contributed by atoms with E-state index >= 15 is 0 Å². The van der Waals surface area contributed by atoms with Crippen LogP contribution in [0.4, 0.5) is 0 Å². The lowest BCUT2D eigenvalue weighted by atomic mass is 9.93. The fourth-order valence-electron chi connectivity index (χ4n) is 3.06. The van der Waals surface area contributed by atoms with Gasteiger partial charge in [-0.3, -0.25) is 0 Å². The summed E-state index contributed by atoms with van der Waals surface area (Å²) in [4.78, 5) is 0. The summed E-state index contributed by atoms with van der Waals surface area (Å²) in [5.74, 6) is 1.76. The van der Waals surface area contributed by atoms with Gasteiger partial charge in [0.05, 0.1) is 7.11 Å². The van der Waals surface area contributed by atoms with Gasteiger partial charge in [0, 0.05) is 17.1 Å². The molecule has 1 fully saturated rings. The molecule has 0 aliphatic heterocycles. The highest BCUT2D eigenvalue weighted by Crippen LogP contribution is 2.26. The molecule has 1 N–H and O–H groups in total. The predicted octanol–water partition coefficient (Wildman–Crippen LogP) is 4.91. The molecule has 0 amide bonds. The highest BCUT2D eigenvalue weighted by molar-refractivity contribution is 9.10. The quantitative estimate of drug-likeness (QED) is 0.769. The van der Waals surface area contributed by atoms with Crippen molar-refractivity contribution in [3.8, 4) is 5.75 Å². The van der Waals surface area contributed by atoms with Crippen LogP contribution in [0.2, 0.25) is 0 Å². The Morgan fingerprint density at radius 1 is 1.25 bits per heavy atom. The zero-order chi connectivity index (χ0) is 14.4. The van der Waals surface area contributed by atoms with Gasteiger partial charge in [0.15, 0.2) is 0 Å². The van der Waals surface area contributed by atoms with Crippen LogP contribution in [0.25, 0.3) is 0 Å². The zero-order valence-corrected chi connectivity index (χ0v) is 14.2. The van der Waals surface area contributed by atoms with Crippen molar-refractivity contribution < 1.29 is 4.74 Å². The lowest BCUT2D eigenvalue weighted by Crippen LogP contribution is -2.33. The molecule has 112 valence electrons. The first kappa shape index (κ1) is 15.8. The standard InChI is InChI=1S/C17H26BrNO/c1-13(14-7-5-3-4-6-8-14)19-12-15-11-16(20-2)9-10-17(15)18/h9-11,13-14,19H,3-8,12H2,1-2H3/t13-/m1/s1. The highest BCUT2D eigenvalue weighted by Gasteiger charge is 2.18. The maximum atomic E-state index is 5.30. The maximum absolute atomic E-state index is 5.30. The van der Waals surface area contributed by atoms with Crippen molar-refractivity contribution in [1.29, 1.82) is 0 Å². The summed E-state index contributed by atoms with van der Waals surface area (Å²) in [6.45, 7) is 3.24. The molecule has 1 aromatic carbocycles. The van der Waals surface area contributed by atoms with Gasteiger partial charge >= 0.3 is 0 Å². The number of rotatable bonds is 5. The van der Waals surface area contributed by atoms with Gasteiger partial charge in [0.1, 0.15) is 5.75 Å². The van der Waals surface area contributed by atoms with Crippen LogP contribution >= 0.6 is 15.9 Å². The molecular weight excluding hydrogens is 314 g/mol. The number of halogens is 1. The largest absolute Gasteiger partial charge is 0.497 e. The first-order chi connectivity index (χ1) is 9.70. The van der Waals surface area contributed by atoms with Crippen LogP contribution < -0.4 is 10.1 Å². The minimum Gasteiger partial charge on any atom is -0.497 e. The van der Waals surface area contributed by atoms with Crippen LogP contribution in [0.5, 0.6) is 5.75 Å². The van der Waals surface area contributed by atoms with E-state index in [0.29, 0.717) is 6.04 Å². The summed E-state index contributed by atoms with van der Waals surface area (Å²) in [6, 6.07) is 6.75. The lowest BCUT2D eigenvalue weighted by molar-refractivity contribution is 0.336. The first-order valence-corrected chi connectivity index (χ1v) is 8.56. The third-order valence-corrected chi connectivity index (χ3v) is 5.25. The molecule has 0 heterocycles. The minimum absolute atomic E-state index is 0.589. The van der Waals surface area contributed by atoms with Crippen LogP contribution in [0.3, 0.4) is 0 Å². The number of hydrogen-bond donors (Lipinski definition) is 1. The maximum Gasteiger partial charge on any atom is 0.119 e. The molecule has 0 unspecified atom stereocenters. The van der Waals surface area contributed by atoms with Gasteiger partial charge in [-0.25, -0.2) is 0 Å². The van der Waals surface area contributed by atoms with Crippen molar-refractivity contribution in [2.24, 2.45) is 5.92 Å². The third-order valence-electron chi connectivity index (χ3n) is 4.47. The second-order valence-corrected chi connectivity index (χ2v) is 6.73.